The Morgan fingerprint density at radius 1 is 1.23 bits per heavy atom. The van der Waals surface area contributed by atoms with Gasteiger partial charge in [-0.25, -0.2) is 4.98 Å². The van der Waals surface area contributed by atoms with Crippen molar-refractivity contribution in [2.75, 3.05) is 5.73 Å². The molecule has 68 valence electrons. The molecule has 13 heavy (non-hydrogen) atoms. The van der Waals surface area contributed by atoms with E-state index in [2.05, 4.69) is 11.9 Å². The number of thiazole rings is 1. The lowest BCUT2D eigenvalue weighted by molar-refractivity contribution is 1.30. The number of nitrogens with two attached hydrogens (primary N) is 1. The molecule has 0 aliphatic heterocycles. The van der Waals surface area contributed by atoms with Crippen LogP contribution in [0.4, 0.5) is 5.69 Å². The van der Waals surface area contributed by atoms with Gasteiger partial charge >= 0.3 is 0 Å². The molecule has 0 radical (unpaired) electrons. The Hall–Kier alpha value is -1.09. The summed E-state index contributed by atoms with van der Waals surface area (Å²) in [7, 11) is 0. The first-order chi connectivity index (χ1) is 6.09. The van der Waals surface area contributed by atoms with Crippen molar-refractivity contribution in [1.29, 1.82) is 0 Å². The first-order valence-electron chi connectivity index (χ1n) is 4.22. The van der Waals surface area contributed by atoms with Crippen LogP contribution < -0.4 is 5.73 Å². The van der Waals surface area contributed by atoms with Crippen LogP contribution in [0.3, 0.4) is 0 Å². The molecular formula is C10H12N2S. The number of hydrogen-bond donors (Lipinski definition) is 1. The van der Waals surface area contributed by atoms with Crippen LogP contribution in [0.2, 0.25) is 0 Å². The van der Waals surface area contributed by atoms with E-state index in [0.717, 1.165) is 21.8 Å². The summed E-state index contributed by atoms with van der Waals surface area (Å²) in [6.45, 7) is 6.14. The molecule has 0 saturated heterocycles. The maximum atomic E-state index is 5.87. The SMILES string of the molecule is Cc1nc2c(C)c(C)c(N)cc2s1. The third kappa shape index (κ3) is 1.20. The monoisotopic (exact) mass is 192 g/mol. The summed E-state index contributed by atoms with van der Waals surface area (Å²) < 4.78 is 1.19. The maximum absolute atomic E-state index is 5.87. The highest BCUT2D eigenvalue weighted by Crippen LogP contribution is 2.29. The van der Waals surface area contributed by atoms with Crippen molar-refractivity contribution >= 4 is 27.2 Å². The number of benzene rings is 1. The molecule has 3 heteroatoms. The predicted molar refractivity (Wildman–Crippen MR) is 58.2 cm³/mol. The van der Waals surface area contributed by atoms with Gasteiger partial charge in [-0.05, 0) is 38.0 Å². The second kappa shape index (κ2) is 2.70. The van der Waals surface area contributed by atoms with Gasteiger partial charge in [-0.2, -0.15) is 0 Å². The molecule has 2 N–H and O–H groups in total. The Morgan fingerprint density at radius 3 is 2.62 bits per heavy atom. The van der Waals surface area contributed by atoms with E-state index in [9.17, 15) is 0 Å². The fraction of sp³-hybridized carbons (Fsp3) is 0.300. The van der Waals surface area contributed by atoms with Crippen LogP contribution >= 0.6 is 11.3 Å². The van der Waals surface area contributed by atoms with E-state index in [0.29, 0.717) is 0 Å². The van der Waals surface area contributed by atoms with Gasteiger partial charge in [0.25, 0.3) is 0 Å². The maximum Gasteiger partial charge on any atom is 0.0907 e. The third-order valence-electron chi connectivity index (χ3n) is 2.40. The van der Waals surface area contributed by atoms with Gasteiger partial charge in [-0.15, -0.1) is 11.3 Å². The first-order valence-corrected chi connectivity index (χ1v) is 5.04. The molecule has 1 aromatic heterocycles. The quantitative estimate of drug-likeness (QED) is 0.652. The zero-order valence-electron chi connectivity index (χ0n) is 8.01. The molecule has 0 saturated carbocycles. The van der Waals surface area contributed by atoms with Crippen molar-refractivity contribution in [2.45, 2.75) is 20.8 Å². The normalized spacial score (nSPS) is 11.0. The molecule has 2 aromatic rings. The Labute approximate surface area is 81.4 Å². The summed E-state index contributed by atoms with van der Waals surface area (Å²) in [4.78, 5) is 4.48. The van der Waals surface area contributed by atoms with Crippen molar-refractivity contribution < 1.29 is 0 Å². The number of anilines is 1. The van der Waals surface area contributed by atoms with Crippen LogP contribution in [0.25, 0.3) is 10.2 Å². The van der Waals surface area contributed by atoms with E-state index in [1.54, 1.807) is 11.3 Å². The summed E-state index contributed by atoms with van der Waals surface area (Å²) >= 11 is 1.70. The highest BCUT2D eigenvalue weighted by atomic mass is 32.1. The van der Waals surface area contributed by atoms with Crippen LogP contribution in [0, 0.1) is 20.8 Å². The largest absolute Gasteiger partial charge is 0.398 e. The van der Waals surface area contributed by atoms with Gasteiger partial charge in [0.05, 0.1) is 15.2 Å². The standard InChI is InChI=1S/C10H12N2S/c1-5-6(2)10-9(4-8(5)11)13-7(3)12-10/h4H,11H2,1-3H3. The van der Waals surface area contributed by atoms with E-state index in [4.69, 9.17) is 5.73 Å². The second-order valence-corrected chi connectivity index (χ2v) is 4.53. The molecule has 0 spiro atoms. The Kier molecular flexibility index (Phi) is 1.77. The summed E-state index contributed by atoms with van der Waals surface area (Å²) in [5.74, 6) is 0. The number of nitrogens with zero attached hydrogens (tertiary/aromatic N) is 1. The van der Waals surface area contributed by atoms with Gasteiger partial charge in [0.2, 0.25) is 0 Å². The van der Waals surface area contributed by atoms with Crippen molar-refractivity contribution in [3.63, 3.8) is 0 Å². The van der Waals surface area contributed by atoms with Crippen molar-refractivity contribution in [1.82, 2.24) is 4.98 Å². The van der Waals surface area contributed by atoms with Gasteiger partial charge in [0.15, 0.2) is 0 Å². The van der Waals surface area contributed by atoms with Crippen LogP contribution in [0.1, 0.15) is 16.1 Å². The van der Waals surface area contributed by atoms with Gasteiger partial charge < -0.3 is 5.73 Å². The van der Waals surface area contributed by atoms with E-state index in [-0.39, 0.29) is 0 Å². The average molecular weight is 192 g/mol. The minimum Gasteiger partial charge on any atom is -0.398 e. The van der Waals surface area contributed by atoms with Gasteiger partial charge in [-0.1, -0.05) is 0 Å². The Bertz CT molecular complexity index is 471. The number of aromatic nitrogens is 1. The lowest BCUT2D eigenvalue weighted by Gasteiger charge is -2.03. The minimum atomic E-state index is 0.869. The van der Waals surface area contributed by atoms with E-state index in [1.165, 1.54) is 10.3 Å². The zero-order valence-corrected chi connectivity index (χ0v) is 8.83. The van der Waals surface area contributed by atoms with Gasteiger partial charge in [0.1, 0.15) is 0 Å². The van der Waals surface area contributed by atoms with Gasteiger partial charge in [-0.3, -0.25) is 0 Å². The molecule has 0 aliphatic rings. The van der Waals surface area contributed by atoms with E-state index in [1.807, 2.05) is 19.9 Å². The second-order valence-electron chi connectivity index (χ2n) is 3.30. The molecule has 0 bridgehead atoms. The van der Waals surface area contributed by atoms with Crippen molar-refractivity contribution in [3.05, 3.63) is 22.2 Å². The molecule has 0 atom stereocenters. The summed E-state index contributed by atoms with van der Waals surface area (Å²) in [5, 5.41) is 1.10. The fourth-order valence-electron chi connectivity index (χ4n) is 1.45. The smallest absolute Gasteiger partial charge is 0.0907 e. The molecule has 0 aliphatic carbocycles. The summed E-state index contributed by atoms with van der Waals surface area (Å²) in [6.07, 6.45) is 0. The van der Waals surface area contributed by atoms with Crippen LogP contribution in [-0.2, 0) is 0 Å². The van der Waals surface area contributed by atoms with Crippen LogP contribution in [-0.4, -0.2) is 4.98 Å². The van der Waals surface area contributed by atoms with Gasteiger partial charge in [0, 0.05) is 5.69 Å². The topological polar surface area (TPSA) is 38.9 Å². The van der Waals surface area contributed by atoms with E-state index >= 15 is 0 Å². The number of rotatable bonds is 0. The number of hydrogen-bond acceptors (Lipinski definition) is 3. The molecule has 2 rings (SSSR count). The highest BCUT2D eigenvalue weighted by molar-refractivity contribution is 7.18. The number of aryl methyl sites for hydroxylation is 2. The minimum absolute atomic E-state index is 0.869. The number of fused-ring (bicyclic) bond motifs is 1. The highest BCUT2D eigenvalue weighted by Gasteiger charge is 2.07. The zero-order chi connectivity index (χ0) is 9.59. The van der Waals surface area contributed by atoms with Crippen molar-refractivity contribution in [3.8, 4) is 0 Å². The average Bonchev–Trinajstić information content (AvgIpc) is 2.42. The predicted octanol–water partition coefficient (Wildman–Crippen LogP) is 2.80. The summed E-state index contributed by atoms with van der Waals surface area (Å²) in [6, 6.07) is 2.02. The number of nitrogen functional groups attached to an aromatic ring is 1. The molecule has 0 unspecified atom stereocenters. The first kappa shape index (κ1) is 8.51. The molecule has 0 amide bonds. The molecule has 1 heterocycles. The van der Waals surface area contributed by atoms with E-state index < -0.39 is 0 Å². The third-order valence-corrected chi connectivity index (χ3v) is 3.32. The lowest BCUT2D eigenvalue weighted by atomic mass is 10.1. The van der Waals surface area contributed by atoms with Crippen LogP contribution in [0.15, 0.2) is 6.07 Å². The molecule has 0 fully saturated rings. The summed E-state index contributed by atoms with van der Waals surface area (Å²) in [5.41, 5.74) is 10.2. The lowest BCUT2D eigenvalue weighted by Crippen LogP contribution is -1.92. The fourth-order valence-corrected chi connectivity index (χ4v) is 2.39. The molecule has 1 aromatic carbocycles. The van der Waals surface area contributed by atoms with Crippen LogP contribution in [0.5, 0.6) is 0 Å². The Morgan fingerprint density at radius 2 is 1.92 bits per heavy atom. The molecule has 2 nitrogen and oxygen atoms in total. The van der Waals surface area contributed by atoms with Crippen molar-refractivity contribution in [2.24, 2.45) is 0 Å². The molecular weight excluding hydrogens is 180 g/mol. The Balaban J connectivity index is 2.92.